The Morgan fingerprint density at radius 3 is 3.35 bits per heavy atom. The molecule has 1 fully saturated rings. The first-order chi connectivity index (χ1) is 9.78. The average molecular weight is 278 g/mol. The van der Waals surface area contributed by atoms with Crippen LogP contribution < -0.4 is 10.6 Å². The van der Waals surface area contributed by atoms with E-state index in [9.17, 15) is 4.79 Å². The molecule has 20 heavy (non-hydrogen) atoms. The highest BCUT2D eigenvalue weighted by Crippen LogP contribution is 2.22. The molecule has 1 saturated heterocycles. The molecule has 2 aliphatic rings. The van der Waals surface area contributed by atoms with Crippen molar-refractivity contribution < 1.29 is 9.53 Å². The molecule has 2 unspecified atom stereocenters. The van der Waals surface area contributed by atoms with Crippen molar-refractivity contribution in [2.24, 2.45) is 5.92 Å². The van der Waals surface area contributed by atoms with Crippen molar-refractivity contribution in [1.29, 1.82) is 0 Å². The number of carbonyl (C=O) groups excluding carboxylic acids is 1. The third kappa shape index (κ3) is 2.65. The van der Waals surface area contributed by atoms with E-state index in [-0.39, 0.29) is 12.0 Å². The van der Waals surface area contributed by atoms with Crippen molar-refractivity contribution in [1.82, 2.24) is 14.9 Å². The first kappa shape index (κ1) is 13.4. The monoisotopic (exact) mass is 278 g/mol. The summed E-state index contributed by atoms with van der Waals surface area (Å²) in [6.07, 6.45) is 5.22. The number of anilines is 1. The molecule has 1 amide bonds. The van der Waals surface area contributed by atoms with Crippen molar-refractivity contribution in [3.8, 4) is 0 Å². The van der Waals surface area contributed by atoms with E-state index in [1.165, 1.54) is 0 Å². The molecule has 3 rings (SSSR count). The molecule has 0 bridgehead atoms. The smallest absolute Gasteiger partial charge is 0.271 e. The molecule has 2 N–H and O–H groups in total. The van der Waals surface area contributed by atoms with Crippen molar-refractivity contribution in [2.75, 3.05) is 25.0 Å². The van der Waals surface area contributed by atoms with Gasteiger partial charge in [-0.1, -0.05) is 6.92 Å². The predicted molar refractivity (Wildman–Crippen MR) is 75.8 cm³/mol. The normalized spacial score (nSPS) is 25.1. The van der Waals surface area contributed by atoms with Gasteiger partial charge in [0.15, 0.2) is 0 Å². The molecule has 6 nitrogen and oxygen atoms in total. The number of rotatable bonds is 4. The lowest BCUT2D eigenvalue weighted by Gasteiger charge is -2.16. The summed E-state index contributed by atoms with van der Waals surface area (Å²) in [4.78, 5) is 16.5. The van der Waals surface area contributed by atoms with Gasteiger partial charge < -0.3 is 19.9 Å². The largest absolute Gasteiger partial charge is 0.378 e. The van der Waals surface area contributed by atoms with E-state index in [0.29, 0.717) is 18.2 Å². The zero-order valence-electron chi connectivity index (χ0n) is 11.9. The fraction of sp³-hybridized carbons (Fsp3) is 0.714. The maximum atomic E-state index is 12.2. The van der Waals surface area contributed by atoms with Crippen LogP contribution >= 0.6 is 0 Å². The van der Waals surface area contributed by atoms with Gasteiger partial charge in [0.25, 0.3) is 5.91 Å². The van der Waals surface area contributed by atoms with E-state index in [2.05, 4.69) is 22.5 Å². The number of hydrogen-bond acceptors (Lipinski definition) is 4. The molecule has 0 aromatic carbocycles. The second-order valence-corrected chi connectivity index (χ2v) is 5.50. The van der Waals surface area contributed by atoms with Crippen molar-refractivity contribution >= 4 is 11.9 Å². The Kier molecular flexibility index (Phi) is 3.91. The number of aryl methyl sites for hydroxylation is 1. The second kappa shape index (κ2) is 5.83. The number of carbonyl (C=O) groups is 1. The van der Waals surface area contributed by atoms with Crippen LogP contribution in [0, 0.1) is 5.92 Å². The number of nitrogens with one attached hydrogen (secondary N) is 2. The summed E-state index contributed by atoms with van der Waals surface area (Å²) in [7, 11) is 0. The lowest BCUT2D eigenvalue weighted by atomic mass is 10.00. The van der Waals surface area contributed by atoms with Gasteiger partial charge in [0.05, 0.1) is 6.10 Å². The number of fused-ring (bicyclic) bond motifs is 1. The van der Waals surface area contributed by atoms with Crippen LogP contribution in [-0.2, 0) is 11.3 Å². The quantitative estimate of drug-likeness (QED) is 0.869. The molecular formula is C14H22N4O2. The molecule has 0 aliphatic carbocycles. The number of aromatic nitrogens is 2. The summed E-state index contributed by atoms with van der Waals surface area (Å²) in [6.45, 7) is 5.46. The Hall–Kier alpha value is -1.56. The number of hydrogen-bond donors (Lipinski definition) is 2. The molecule has 2 aliphatic heterocycles. The SMILES string of the molecule is CCC1OCCC1CNC(=O)c1cn2c(n1)NCCC2. The van der Waals surface area contributed by atoms with Crippen LogP contribution in [0.2, 0.25) is 0 Å². The third-order valence-electron chi connectivity index (χ3n) is 4.14. The van der Waals surface area contributed by atoms with Crippen LogP contribution in [-0.4, -0.2) is 41.3 Å². The highest BCUT2D eigenvalue weighted by Gasteiger charge is 2.27. The van der Waals surface area contributed by atoms with Gasteiger partial charge in [-0.3, -0.25) is 4.79 Å². The van der Waals surface area contributed by atoms with E-state index in [1.807, 2.05) is 10.8 Å². The fourth-order valence-corrected chi connectivity index (χ4v) is 2.98. The van der Waals surface area contributed by atoms with E-state index in [4.69, 9.17) is 4.74 Å². The van der Waals surface area contributed by atoms with Crippen LogP contribution in [0.1, 0.15) is 36.7 Å². The summed E-state index contributed by atoms with van der Waals surface area (Å²) in [5.74, 6) is 1.15. The summed E-state index contributed by atoms with van der Waals surface area (Å²) in [5.41, 5.74) is 0.501. The van der Waals surface area contributed by atoms with Crippen molar-refractivity contribution in [3.05, 3.63) is 11.9 Å². The van der Waals surface area contributed by atoms with Crippen molar-refractivity contribution in [2.45, 2.75) is 38.8 Å². The van der Waals surface area contributed by atoms with Crippen LogP contribution in [0.4, 0.5) is 5.95 Å². The fourth-order valence-electron chi connectivity index (χ4n) is 2.98. The van der Waals surface area contributed by atoms with Gasteiger partial charge in [-0.2, -0.15) is 0 Å². The van der Waals surface area contributed by atoms with Crippen LogP contribution in [0.5, 0.6) is 0 Å². The highest BCUT2D eigenvalue weighted by molar-refractivity contribution is 5.92. The summed E-state index contributed by atoms with van der Waals surface area (Å²) >= 11 is 0. The molecular weight excluding hydrogens is 256 g/mol. The van der Waals surface area contributed by atoms with Crippen LogP contribution in [0.15, 0.2) is 6.20 Å². The molecule has 6 heteroatoms. The Morgan fingerprint density at radius 1 is 1.65 bits per heavy atom. The van der Waals surface area contributed by atoms with Gasteiger partial charge in [0.2, 0.25) is 5.95 Å². The minimum atomic E-state index is -0.0875. The summed E-state index contributed by atoms with van der Waals surface area (Å²) in [5, 5.41) is 6.19. The Labute approximate surface area is 118 Å². The molecule has 1 aromatic rings. The number of nitrogens with zero attached hydrogens (tertiary/aromatic N) is 2. The van der Waals surface area contributed by atoms with E-state index < -0.39 is 0 Å². The maximum Gasteiger partial charge on any atom is 0.271 e. The molecule has 0 radical (unpaired) electrons. The van der Waals surface area contributed by atoms with E-state index >= 15 is 0 Å². The van der Waals surface area contributed by atoms with Gasteiger partial charge in [-0.15, -0.1) is 0 Å². The summed E-state index contributed by atoms with van der Waals surface area (Å²) < 4.78 is 7.64. The number of amides is 1. The molecule has 0 spiro atoms. The van der Waals surface area contributed by atoms with Gasteiger partial charge in [0.1, 0.15) is 5.69 Å². The molecule has 110 valence electrons. The lowest BCUT2D eigenvalue weighted by molar-refractivity contribution is 0.0825. The zero-order valence-corrected chi connectivity index (χ0v) is 11.9. The first-order valence-corrected chi connectivity index (χ1v) is 7.48. The highest BCUT2D eigenvalue weighted by atomic mass is 16.5. The topological polar surface area (TPSA) is 68.2 Å². The Balaban J connectivity index is 1.57. The molecule has 0 saturated carbocycles. The van der Waals surface area contributed by atoms with Gasteiger partial charge in [-0.25, -0.2) is 4.98 Å². The summed E-state index contributed by atoms with van der Waals surface area (Å²) in [6, 6.07) is 0. The number of ether oxygens (including phenoxy) is 1. The number of imidazole rings is 1. The molecule has 3 heterocycles. The van der Waals surface area contributed by atoms with Crippen LogP contribution in [0.25, 0.3) is 0 Å². The molecule has 2 atom stereocenters. The van der Waals surface area contributed by atoms with Gasteiger partial charge >= 0.3 is 0 Å². The lowest BCUT2D eigenvalue weighted by Crippen LogP contribution is -2.32. The predicted octanol–water partition coefficient (Wildman–Crippen LogP) is 1.24. The minimum Gasteiger partial charge on any atom is -0.378 e. The minimum absolute atomic E-state index is 0.0875. The van der Waals surface area contributed by atoms with Gasteiger partial charge in [0, 0.05) is 38.4 Å². The Bertz CT molecular complexity index is 462. The van der Waals surface area contributed by atoms with E-state index in [1.54, 1.807) is 0 Å². The van der Waals surface area contributed by atoms with Gasteiger partial charge in [-0.05, 0) is 19.3 Å². The van der Waals surface area contributed by atoms with E-state index in [0.717, 1.165) is 44.9 Å². The zero-order chi connectivity index (χ0) is 13.9. The van der Waals surface area contributed by atoms with Crippen molar-refractivity contribution in [3.63, 3.8) is 0 Å². The standard InChI is InChI=1S/C14H22N4O2/c1-2-12-10(4-7-20-12)8-16-13(19)11-9-18-6-3-5-15-14(18)17-11/h9-10,12H,2-8H2,1H3,(H,15,17)(H,16,19). The van der Waals surface area contributed by atoms with Crippen LogP contribution in [0.3, 0.4) is 0 Å². The second-order valence-electron chi connectivity index (χ2n) is 5.50. The maximum absolute atomic E-state index is 12.2. The average Bonchev–Trinajstić information content (AvgIpc) is 3.10. The first-order valence-electron chi connectivity index (χ1n) is 7.48. The Morgan fingerprint density at radius 2 is 2.55 bits per heavy atom. The third-order valence-corrected chi connectivity index (χ3v) is 4.14. The molecule has 1 aromatic heterocycles.